The smallest absolute Gasteiger partial charge is 0.177 e. The number of Topliss-reactive ketones (excluding diaryl/α,β-unsaturated/α-hetero) is 1. The Hall–Kier alpha value is -0.540. The van der Waals surface area contributed by atoms with Crippen molar-refractivity contribution >= 4 is 33.3 Å². The van der Waals surface area contributed by atoms with Crippen molar-refractivity contribution in [3.8, 4) is 5.75 Å². The van der Waals surface area contributed by atoms with Gasteiger partial charge in [0.25, 0.3) is 0 Å². The van der Waals surface area contributed by atoms with Crippen molar-refractivity contribution in [1.82, 2.24) is 0 Å². The predicted molar refractivity (Wildman–Crippen MR) is 65.4 cm³/mol. The molecule has 0 saturated heterocycles. The zero-order chi connectivity index (χ0) is 11.3. The van der Waals surface area contributed by atoms with Crippen LogP contribution in [0, 0.1) is 0 Å². The maximum absolute atomic E-state index is 11.5. The normalized spacial score (nSPS) is 10.1. The summed E-state index contributed by atoms with van der Waals surface area (Å²) in [5.41, 5.74) is 0.574. The Morgan fingerprint density at radius 3 is 2.87 bits per heavy atom. The lowest BCUT2D eigenvalue weighted by Crippen LogP contribution is -2.05. The van der Waals surface area contributed by atoms with Gasteiger partial charge in [0.05, 0.1) is 17.5 Å². The van der Waals surface area contributed by atoms with Crippen molar-refractivity contribution < 1.29 is 9.53 Å². The number of carbonyl (C=O) groups is 1. The van der Waals surface area contributed by atoms with E-state index in [0.717, 1.165) is 6.42 Å². The molecule has 0 unspecified atom stereocenters. The van der Waals surface area contributed by atoms with Crippen molar-refractivity contribution in [3.05, 3.63) is 28.8 Å². The van der Waals surface area contributed by atoms with E-state index in [1.54, 1.807) is 18.2 Å². The van der Waals surface area contributed by atoms with E-state index in [4.69, 9.17) is 16.3 Å². The number of hydrogen-bond donors (Lipinski definition) is 0. The molecule has 82 valence electrons. The highest BCUT2D eigenvalue weighted by atomic mass is 79.9. The predicted octanol–water partition coefficient (Wildman–Crippen LogP) is 3.71. The number of rotatable bonds is 5. The molecule has 4 heteroatoms. The number of alkyl halides is 1. The molecule has 0 aliphatic carbocycles. The maximum atomic E-state index is 11.5. The van der Waals surface area contributed by atoms with Gasteiger partial charge in [-0.1, -0.05) is 34.5 Å². The molecule has 0 saturated carbocycles. The summed E-state index contributed by atoms with van der Waals surface area (Å²) in [4.78, 5) is 11.5. The fourth-order valence-electron chi connectivity index (χ4n) is 1.13. The lowest BCUT2D eigenvalue weighted by molar-refractivity contribution is 0.102. The molecular weight excluding hydrogens is 279 g/mol. The Kier molecular flexibility index (Phi) is 5.12. The van der Waals surface area contributed by atoms with Crippen molar-refractivity contribution in [1.29, 1.82) is 0 Å². The standard InChI is InChI=1S/C11H12BrClO2/c1-2-5-15-11-6-8(13)3-4-9(11)10(14)7-12/h3-4,6H,2,5,7H2,1H3. The van der Waals surface area contributed by atoms with E-state index in [1.807, 2.05) is 6.92 Å². The van der Waals surface area contributed by atoms with Gasteiger partial charge in [0, 0.05) is 5.02 Å². The summed E-state index contributed by atoms with van der Waals surface area (Å²) < 4.78 is 5.46. The molecule has 0 amide bonds. The Labute approximate surface area is 103 Å². The van der Waals surface area contributed by atoms with Crippen LogP contribution in [0.2, 0.25) is 5.02 Å². The molecule has 0 atom stereocenters. The summed E-state index contributed by atoms with van der Waals surface area (Å²) in [6.45, 7) is 2.60. The van der Waals surface area contributed by atoms with Gasteiger partial charge in [-0.25, -0.2) is 0 Å². The van der Waals surface area contributed by atoms with Gasteiger partial charge in [-0.2, -0.15) is 0 Å². The second-order valence-corrected chi connectivity index (χ2v) is 4.04. The summed E-state index contributed by atoms with van der Waals surface area (Å²) in [6.07, 6.45) is 0.897. The number of carbonyl (C=O) groups excluding carboxylic acids is 1. The molecule has 1 rings (SSSR count). The average Bonchev–Trinajstić information content (AvgIpc) is 2.25. The fourth-order valence-corrected chi connectivity index (χ4v) is 1.59. The molecule has 0 heterocycles. The Bertz CT molecular complexity index is 352. The van der Waals surface area contributed by atoms with E-state index in [2.05, 4.69) is 15.9 Å². The van der Waals surface area contributed by atoms with Crippen molar-refractivity contribution in [3.63, 3.8) is 0 Å². The van der Waals surface area contributed by atoms with Gasteiger partial charge in [-0.15, -0.1) is 0 Å². The zero-order valence-corrected chi connectivity index (χ0v) is 10.8. The number of benzene rings is 1. The van der Waals surface area contributed by atoms with E-state index >= 15 is 0 Å². The SMILES string of the molecule is CCCOc1cc(Cl)ccc1C(=O)CBr. The van der Waals surface area contributed by atoms with Gasteiger partial charge in [0.2, 0.25) is 0 Å². The summed E-state index contributed by atoms with van der Waals surface area (Å²) >= 11 is 8.97. The third-order valence-electron chi connectivity index (χ3n) is 1.83. The maximum Gasteiger partial charge on any atom is 0.177 e. The molecule has 0 fully saturated rings. The van der Waals surface area contributed by atoms with Crippen LogP contribution in [0.3, 0.4) is 0 Å². The van der Waals surface area contributed by atoms with Crippen LogP contribution in [0.5, 0.6) is 5.75 Å². The number of ether oxygens (including phenoxy) is 1. The van der Waals surface area contributed by atoms with Gasteiger partial charge in [-0.3, -0.25) is 4.79 Å². The van der Waals surface area contributed by atoms with Gasteiger partial charge < -0.3 is 4.74 Å². The summed E-state index contributed by atoms with van der Waals surface area (Å²) in [6, 6.07) is 5.06. The molecular formula is C11H12BrClO2. The zero-order valence-electron chi connectivity index (χ0n) is 8.43. The molecule has 15 heavy (non-hydrogen) atoms. The molecule has 0 spiro atoms. The molecule has 0 aromatic heterocycles. The lowest BCUT2D eigenvalue weighted by atomic mass is 10.1. The first-order valence-corrected chi connectivity index (χ1v) is 6.20. The third kappa shape index (κ3) is 3.50. The second-order valence-electron chi connectivity index (χ2n) is 3.05. The van der Waals surface area contributed by atoms with Gasteiger partial charge in [-0.05, 0) is 24.6 Å². The molecule has 2 nitrogen and oxygen atoms in total. The molecule has 0 aliphatic heterocycles. The van der Waals surface area contributed by atoms with E-state index in [9.17, 15) is 4.79 Å². The Morgan fingerprint density at radius 2 is 2.27 bits per heavy atom. The number of halogens is 2. The van der Waals surface area contributed by atoms with Crippen molar-refractivity contribution in [2.24, 2.45) is 0 Å². The van der Waals surface area contributed by atoms with E-state index in [0.29, 0.717) is 22.9 Å². The molecule has 0 N–H and O–H groups in total. The minimum Gasteiger partial charge on any atom is -0.493 e. The summed E-state index contributed by atoms with van der Waals surface area (Å²) in [7, 11) is 0. The molecule has 1 aromatic carbocycles. The molecule has 0 bridgehead atoms. The van der Waals surface area contributed by atoms with Gasteiger partial charge in [0.1, 0.15) is 5.75 Å². The quantitative estimate of drug-likeness (QED) is 0.611. The van der Waals surface area contributed by atoms with Crippen molar-refractivity contribution in [2.45, 2.75) is 13.3 Å². The Balaban J connectivity index is 2.97. The monoisotopic (exact) mass is 290 g/mol. The largest absolute Gasteiger partial charge is 0.493 e. The van der Waals surface area contributed by atoms with Crippen LogP contribution in [0.25, 0.3) is 0 Å². The first kappa shape index (κ1) is 12.5. The highest BCUT2D eigenvalue weighted by molar-refractivity contribution is 9.09. The molecule has 0 aliphatic rings. The van der Waals surface area contributed by atoms with Crippen LogP contribution in [0.4, 0.5) is 0 Å². The minimum absolute atomic E-state index is 0.00207. The van der Waals surface area contributed by atoms with Crippen molar-refractivity contribution in [2.75, 3.05) is 11.9 Å². The van der Waals surface area contributed by atoms with Gasteiger partial charge >= 0.3 is 0 Å². The summed E-state index contributed by atoms with van der Waals surface area (Å²) in [5, 5.41) is 0.865. The van der Waals surface area contributed by atoms with Crippen LogP contribution in [-0.2, 0) is 0 Å². The van der Waals surface area contributed by atoms with E-state index in [-0.39, 0.29) is 11.1 Å². The first-order valence-electron chi connectivity index (χ1n) is 4.70. The van der Waals surface area contributed by atoms with Gasteiger partial charge in [0.15, 0.2) is 5.78 Å². The first-order chi connectivity index (χ1) is 7.19. The highest BCUT2D eigenvalue weighted by Gasteiger charge is 2.11. The fraction of sp³-hybridized carbons (Fsp3) is 0.364. The lowest BCUT2D eigenvalue weighted by Gasteiger charge is -2.09. The van der Waals surface area contributed by atoms with E-state index in [1.165, 1.54) is 0 Å². The minimum atomic E-state index is -0.00207. The number of hydrogen-bond acceptors (Lipinski definition) is 2. The summed E-state index contributed by atoms with van der Waals surface area (Å²) in [5.74, 6) is 0.562. The van der Waals surface area contributed by atoms with Crippen LogP contribution in [-0.4, -0.2) is 17.7 Å². The number of ketones is 1. The van der Waals surface area contributed by atoms with Crippen LogP contribution < -0.4 is 4.74 Å². The second kappa shape index (κ2) is 6.13. The average molecular weight is 292 g/mol. The Morgan fingerprint density at radius 1 is 1.53 bits per heavy atom. The topological polar surface area (TPSA) is 26.3 Å². The van der Waals surface area contributed by atoms with Crippen LogP contribution in [0.15, 0.2) is 18.2 Å². The third-order valence-corrected chi connectivity index (χ3v) is 2.57. The highest BCUT2D eigenvalue weighted by Crippen LogP contribution is 2.24. The molecule has 1 aromatic rings. The van der Waals surface area contributed by atoms with Crippen LogP contribution in [0.1, 0.15) is 23.7 Å². The van der Waals surface area contributed by atoms with Crippen LogP contribution >= 0.6 is 27.5 Å². The molecule has 0 radical (unpaired) electrons. The van der Waals surface area contributed by atoms with E-state index < -0.39 is 0 Å².